The quantitative estimate of drug-likeness (QED) is 0.617. The Morgan fingerprint density at radius 1 is 1.19 bits per heavy atom. The van der Waals surface area contributed by atoms with Crippen LogP contribution in [0, 0.1) is 0 Å². The number of nitrogens with one attached hydrogen (secondary N) is 1. The monoisotopic (exact) mass is 454 g/mol. The van der Waals surface area contributed by atoms with Crippen molar-refractivity contribution in [2.75, 3.05) is 13.2 Å². The average Bonchev–Trinajstić information content (AvgIpc) is 3.33. The minimum atomic E-state index is -0.749. The Kier molecular flexibility index (Phi) is 6.53. The van der Waals surface area contributed by atoms with E-state index >= 15 is 0 Å². The molecule has 1 aliphatic heterocycles. The first-order valence-electron chi connectivity index (χ1n) is 10.4. The van der Waals surface area contributed by atoms with E-state index in [1.165, 1.54) is 0 Å². The van der Waals surface area contributed by atoms with Crippen molar-refractivity contribution in [3.05, 3.63) is 91.7 Å². The van der Waals surface area contributed by atoms with Crippen LogP contribution in [-0.4, -0.2) is 39.5 Å². The molecule has 1 aromatic heterocycles. The molecule has 0 radical (unpaired) electrons. The minimum Gasteiger partial charge on any atom is -0.376 e. The van der Waals surface area contributed by atoms with Gasteiger partial charge in [-0.3, -0.25) is 9.59 Å². The minimum absolute atomic E-state index is 0.0911. The van der Waals surface area contributed by atoms with Crippen molar-refractivity contribution in [1.29, 1.82) is 0 Å². The predicted molar refractivity (Wildman–Crippen MR) is 121 cm³/mol. The highest BCUT2D eigenvalue weighted by Gasteiger charge is 2.25. The second-order valence-corrected chi connectivity index (χ2v) is 8.06. The van der Waals surface area contributed by atoms with E-state index in [4.69, 9.17) is 16.3 Å². The zero-order chi connectivity index (χ0) is 22.7. The summed E-state index contributed by atoms with van der Waals surface area (Å²) in [7, 11) is 0. The molecule has 8 nitrogen and oxygen atoms in total. The molecule has 4 rings (SSSR count). The maximum Gasteiger partial charge on any atom is 0.352 e. The van der Waals surface area contributed by atoms with Gasteiger partial charge >= 0.3 is 5.69 Å². The summed E-state index contributed by atoms with van der Waals surface area (Å²) in [6.07, 6.45) is 1.68. The Hall–Kier alpha value is -3.23. The van der Waals surface area contributed by atoms with Crippen LogP contribution in [-0.2, 0) is 4.74 Å². The number of nitrogens with zero attached hydrogens (tertiary/aromatic N) is 3. The summed E-state index contributed by atoms with van der Waals surface area (Å²) in [5.74, 6) is -0.651. The molecule has 2 atom stereocenters. The van der Waals surface area contributed by atoms with Crippen molar-refractivity contribution >= 4 is 17.5 Å². The van der Waals surface area contributed by atoms with Gasteiger partial charge in [0.15, 0.2) is 0 Å². The van der Waals surface area contributed by atoms with E-state index in [1.54, 1.807) is 31.2 Å². The molecular weight excluding hydrogens is 432 g/mol. The zero-order valence-electron chi connectivity index (χ0n) is 17.5. The van der Waals surface area contributed by atoms with E-state index in [9.17, 15) is 14.4 Å². The normalized spacial score (nSPS) is 16.6. The van der Waals surface area contributed by atoms with Crippen LogP contribution in [0.5, 0.6) is 0 Å². The van der Waals surface area contributed by atoms with Crippen molar-refractivity contribution in [3.8, 4) is 5.69 Å². The lowest BCUT2D eigenvalue weighted by molar-refractivity contribution is 0.0849. The number of amides is 1. The summed E-state index contributed by atoms with van der Waals surface area (Å²) in [4.78, 5) is 39.5. The molecule has 1 aliphatic rings. The van der Waals surface area contributed by atoms with Gasteiger partial charge in [0, 0.05) is 18.2 Å². The fraction of sp³-hybridized carbons (Fsp3) is 0.304. The Morgan fingerprint density at radius 3 is 2.56 bits per heavy atom. The van der Waals surface area contributed by atoms with E-state index in [-0.39, 0.29) is 18.3 Å². The number of benzene rings is 2. The highest BCUT2D eigenvalue weighted by atomic mass is 35.5. The summed E-state index contributed by atoms with van der Waals surface area (Å²) in [5.41, 5.74) is -0.612. The molecule has 0 aliphatic carbocycles. The molecule has 2 heterocycles. The molecule has 1 amide bonds. The van der Waals surface area contributed by atoms with Gasteiger partial charge in [0.2, 0.25) is 5.69 Å². The van der Waals surface area contributed by atoms with Gasteiger partial charge in [-0.15, -0.1) is 0 Å². The van der Waals surface area contributed by atoms with Crippen LogP contribution < -0.4 is 16.6 Å². The fourth-order valence-corrected chi connectivity index (χ4v) is 3.83. The molecule has 0 spiro atoms. The van der Waals surface area contributed by atoms with Crippen LogP contribution in [0.3, 0.4) is 0 Å². The topological polar surface area (TPSA) is 95.2 Å². The lowest BCUT2D eigenvalue weighted by Crippen LogP contribution is -2.47. The lowest BCUT2D eigenvalue weighted by Gasteiger charge is -2.18. The van der Waals surface area contributed by atoms with E-state index in [0.717, 1.165) is 27.7 Å². The maximum atomic E-state index is 13.3. The SMILES string of the molecule is CC(c1ccccc1)n1c(=O)c(C(=O)NCC2CCCO2)nn(-c2ccc(Cl)cc2)c1=O. The summed E-state index contributed by atoms with van der Waals surface area (Å²) in [5, 5.41) is 7.34. The van der Waals surface area contributed by atoms with Crippen molar-refractivity contribution < 1.29 is 9.53 Å². The van der Waals surface area contributed by atoms with Crippen molar-refractivity contribution in [3.63, 3.8) is 0 Å². The first kappa shape index (κ1) is 22.0. The molecule has 0 bridgehead atoms. The third-order valence-electron chi connectivity index (χ3n) is 5.48. The highest BCUT2D eigenvalue weighted by molar-refractivity contribution is 6.30. The first-order chi connectivity index (χ1) is 15.5. The maximum absolute atomic E-state index is 13.3. The number of halogens is 1. The Morgan fingerprint density at radius 2 is 1.91 bits per heavy atom. The summed E-state index contributed by atoms with van der Waals surface area (Å²) in [6, 6.07) is 15.0. The summed E-state index contributed by atoms with van der Waals surface area (Å²) < 4.78 is 7.63. The molecule has 32 heavy (non-hydrogen) atoms. The smallest absolute Gasteiger partial charge is 0.352 e. The third-order valence-corrected chi connectivity index (χ3v) is 5.73. The van der Waals surface area contributed by atoms with E-state index in [0.29, 0.717) is 17.3 Å². The number of carbonyl (C=O) groups is 1. The zero-order valence-corrected chi connectivity index (χ0v) is 18.3. The molecule has 3 aromatic rings. The number of carbonyl (C=O) groups excluding carboxylic acids is 1. The second-order valence-electron chi connectivity index (χ2n) is 7.63. The summed E-state index contributed by atoms with van der Waals surface area (Å²) >= 11 is 5.97. The lowest BCUT2D eigenvalue weighted by atomic mass is 10.1. The Balaban J connectivity index is 1.80. The molecule has 1 N–H and O–H groups in total. The molecule has 166 valence electrons. The molecule has 0 saturated carbocycles. The number of hydrogen-bond donors (Lipinski definition) is 1. The largest absolute Gasteiger partial charge is 0.376 e. The molecule has 1 fully saturated rings. The summed E-state index contributed by atoms with van der Waals surface area (Å²) in [6.45, 7) is 2.66. The van der Waals surface area contributed by atoms with Crippen LogP contribution in [0.25, 0.3) is 5.69 Å². The number of rotatable bonds is 6. The van der Waals surface area contributed by atoms with E-state index < -0.39 is 23.2 Å². The number of ether oxygens (including phenoxy) is 1. The Bertz CT molecular complexity index is 1220. The van der Waals surface area contributed by atoms with Gasteiger partial charge in [-0.05, 0) is 49.6 Å². The predicted octanol–water partition coefficient (Wildman–Crippen LogP) is 2.57. The standard InChI is InChI=1S/C23H23ClN4O4/c1-15(16-6-3-2-4-7-16)27-22(30)20(21(29)25-14-19-8-5-13-32-19)26-28(23(27)31)18-11-9-17(24)10-12-18/h2-4,6-7,9-12,15,19H,5,8,13-14H2,1H3,(H,25,29). The van der Waals surface area contributed by atoms with Gasteiger partial charge in [0.25, 0.3) is 11.5 Å². The van der Waals surface area contributed by atoms with Crippen LogP contribution in [0.2, 0.25) is 5.02 Å². The molecule has 2 unspecified atom stereocenters. The van der Waals surface area contributed by atoms with Crippen LogP contribution in [0.4, 0.5) is 0 Å². The third kappa shape index (κ3) is 4.51. The molecule has 9 heteroatoms. The van der Waals surface area contributed by atoms with Crippen molar-refractivity contribution in [2.24, 2.45) is 0 Å². The van der Waals surface area contributed by atoms with E-state index in [1.807, 2.05) is 30.3 Å². The van der Waals surface area contributed by atoms with Gasteiger partial charge in [0.1, 0.15) is 0 Å². The van der Waals surface area contributed by atoms with Crippen LogP contribution in [0.1, 0.15) is 41.9 Å². The molecular formula is C23H23ClN4O4. The number of aromatic nitrogens is 3. The molecule has 1 saturated heterocycles. The number of hydrogen-bond acceptors (Lipinski definition) is 5. The molecule has 2 aromatic carbocycles. The van der Waals surface area contributed by atoms with Crippen LogP contribution >= 0.6 is 11.6 Å². The van der Waals surface area contributed by atoms with Gasteiger partial charge < -0.3 is 10.1 Å². The van der Waals surface area contributed by atoms with Crippen LogP contribution in [0.15, 0.2) is 64.2 Å². The van der Waals surface area contributed by atoms with Gasteiger partial charge in [-0.2, -0.15) is 9.78 Å². The fourth-order valence-electron chi connectivity index (χ4n) is 3.70. The highest BCUT2D eigenvalue weighted by Crippen LogP contribution is 2.15. The van der Waals surface area contributed by atoms with E-state index in [2.05, 4.69) is 10.4 Å². The van der Waals surface area contributed by atoms with Gasteiger partial charge in [-0.1, -0.05) is 41.9 Å². The van der Waals surface area contributed by atoms with Crippen molar-refractivity contribution in [1.82, 2.24) is 19.7 Å². The second kappa shape index (κ2) is 9.50. The van der Waals surface area contributed by atoms with Gasteiger partial charge in [0.05, 0.1) is 17.8 Å². The van der Waals surface area contributed by atoms with Gasteiger partial charge in [-0.25, -0.2) is 9.36 Å². The average molecular weight is 455 g/mol. The van der Waals surface area contributed by atoms with Crippen molar-refractivity contribution in [2.45, 2.75) is 31.9 Å². The Labute approximate surface area is 189 Å². The first-order valence-corrected chi connectivity index (χ1v) is 10.8.